The zero-order chi connectivity index (χ0) is 18.6. The lowest BCUT2D eigenvalue weighted by Gasteiger charge is -2.14. The fourth-order valence-electron chi connectivity index (χ4n) is 1.85. The van der Waals surface area contributed by atoms with E-state index in [4.69, 9.17) is 0 Å². The van der Waals surface area contributed by atoms with E-state index in [-0.39, 0.29) is 23.9 Å². The fourth-order valence-corrected chi connectivity index (χ4v) is 2.26. The van der Waals surface area contributed by atoms with Crippen LogP contribution in [0.4, 0.5) is 30.6 Å². The SMILES string of the molecule is CNc1ncc([N+](=O)[O-])c(NCc2cc(Br)ccc2OC(F)(F)F)n1. The summed E-state index contributed by atoms with van der Waals surface area (Å²) < 4.78 is 41.9. The molecule has 0 unspecified atom stereocenters. The molecule has 0 saturated carbocycles. The molecule has 12 heteroatoms. The summed E-state index contributed by atoms with van der Waals surface area (Å²) in [5, 5.41) is 16.3. The van der Waals surface area contributed by atoms with Crippen LogP contribution in [0, 0.1) is 10.1 Å². The number of alkyl halides is 3. The molecule has 0 aliphatic heterocycles. The smallest absolute Gasteiger partial charge is 0.405 e. The lowest BCUT2D eigenvalue weighted by atomic mass is 10.2. The van der Waals surface area contributed by atoms with Gasteiger partial charge in [0.15, 0.2) is 0 Å². The molecular formula is C13H11BrF3N5O3. The molecule has 2 N–H and O–H groups in total. The van der Waals surface area contributed by atoms with Gasteiger partial charge in [0.05, 0.1) is 4.92 Å². The Morgan fingerprint density at radius 2 is 2.12 bits per heavy atom. The van der Waals surface area contributed by atoms with Crippen molar-refractivity contribution in [3.05, 3.63) is 44.5 Å². The van der Waals surface area contributed by atoms with Crippen LogP contribution in [0.25, 0.3) is 0 Å². The van der Waals surface area contributed by atoms with E-state index in [0.29, 0.717) is 4.47 Å². The van der Waals surface area contributed by atoms with Crippen molar-refractivity contribution in [1.82, 2.24) is 9.97 Å². The van der Waals surface area contributed by atoms with Crippen LogP contribution in [0.5, 0.6) is 5.75 Å². The third kappa shape index (κ3) is 5.17. The predicted molar refractivity (Wildman–Crippen MR) is 86.4 cm³/mol. The first-order valence-corrected chi connectivity index (χ1v) is 7.46. The van der Waals surface area contributed by atoms with Gasteiger partial charge in [-0.2, -0.15) is 4.98 Å². The minimum atomic E-state index is -4.86. The fraction of sp³-hybridized carbons (Fsp3) is 0.231. The summed E-state index contributed by atoms with van der Waals surface area (Å²) in [7, 11) is 1.52. The normalized spacial score (nSPS) is 11.1. The highest BCUT2D eigenvalue weighted by Gasteiger charge is 2.32. The van der Waals surface area contributed by atoms with E-state index in [2.05, 4.69) is 41.3 Å². The molecule has 0 bridgehead atoms. The molecule has 2 rings (SSSR count). The van der Waals surface area contributed by atoms with Gasteiger partial charge in [0.25, 0.3) is 0 Å². The van der Waals surface area contributed by atoms with Gasteiger partial charge in [0.1, 0.15) is 11.9 Å². The molecule has 1 aromatic heterocycles. The molecule has 25 heavy (non-hydrogen) atoms. The van der Waals surface area contributed by atoms with Gasteiger partial charge in [-0.25, -0.2) is 4.98 Å². The third-order valence-electron chi connectivity index (χ3n) is 2.88. The number of anilines is 2. The number of ether oxygens (including phenoxy) is 1. The van der Waals surface area contributed by atoms with Gasteiger partial charge in [-0.15, -0.1) is 13.2 Å². The summed E-state index contributed by atoms with van der Waals surface area (Å²) in [5.74, 6) is -0.440. The van der Waals surface area contributed by atoms with Gasteiger partial charge in [-0.1, -0.05) is 15.9 Å². The highest BCUT2D eigenvalue weighted by atomic mass is 79.9. The van der Waals surface area contributed by atoms with E-state index in [1.54, 1.807) is 0 Å². The van der Waals surface area contributed by atoms with Gasteiger partial charge in [-0.3, -0.25) is 10.1 Å². The van der Waals surface area contributed by atoms with Gasteiger partial charge < -0.3 is 15.4 Å². The van der Waals surface area contributed by atoms with Crippen molar-refractivity contribution >= 4 is 33.4 Å². The average molecular weight is 422 g/mol. The van der Waals surface area contributed by atoms with Crippen LogP contribution in [0.3, 0.4) is 0 Å². The number of rotatable bonds is 6. The first-order chi connectivity index (χ1) is 11.7. The van der Waals surface area contributed by atoms with Gasteiger partial charge in [-0.05, 0) is 18.2 Å². The largest absolute Gasteiger partial charge is 0.573 e. The predicted octanol–water partition coefficient (Wildman–Crippen LogP) is 3.70. The van der Waals surface area contributed by atoms with Gasteiger partial charge in [0.2, 0.25) is 11.8 Å². The maximum Gasteiger partial charge on any atom is 0.573 e. The van der Waals surface area contributed by atoms with Crippen LogP contribution in [0.15, 0.2) is 28.9 Å². The molecule has 8 nitrogen and oxygen atoms in total. The first-order valence-electron chi connectivity index (χ1n) is 6.67. The van der Waals surface area contributed by atoms with Crippen LogP contribution in [0.2, 0.25) is 0 Å². The number of benzene rings is 1. The summed E-state index contributed by atoms with van der Waals surface area (Å²) >= 11 is 3.15. The molecule has 0 fully saturated rings. The second-order valence-corrected chi connectivity index (χ2v) is 5.50. The average Bonchev–Trinajstić information content (AvgIpc) is 2.53. The van der Waals surface area contributed by atoms with E-state index in [0.717, 1.165) is 12.3 Å². The number of nitrogens with one attached hydrogen (secondary N) is 2. The zero-order valence-corrected chi connectivity index (χ0v) is 14.2. The van der Waals surface area contributed by atoms with Crippen LogP contribution in [0.1, 0.15) is 5.56 Å². The summed E-state index contributed by atoms with van der Waals surface area (Å²) in [4.78, 5) is 18.0. The van der Waals surface area contributed by atoms with E-state index in [1.807, 2.05) is 0 Å². The molecule has 0 aliphatic carbocycles. The van der Waals surface area contributed by atoms with Crippen LogP contribution >= 0.6 is 15.9 Å². The number of aromatic nitrogens is 2. The van der Waals surface area contributed by atoms with Crippen LogP contribution in [-0.4, -0.2) is 28.3 Å². The molecule has 0 spiro atoms. The first kappa shape index (κ1) is 18.7. The molecule has 2 aromatic rings. The summed E-state index contributed by atoms with van der Waals surface area (Å²) in [6.45, 7) is -0.189. The van der Waals surface area contributed by atoms with Crippen molar-refractivity contribution in [1.29, 1.82) is 0 Å². The van der Waals surface area contributed by atoms with E-state index in [1.165, 1.54) is 19.2 Å². The summed E-state index contributed by atoms with van der Waals surface area (Å²) in [6.07, 6.45) is -3.86. The number of nitrogens with zero attached hydrogens (tertiary/aromatic N) is 3. The second-order valence-electron chi connectivity index (χ2n) is 4.59. The lowest BCUT2D eigenvalue weighted by Crippen LogP contribution is -2.18. The Morgan fingerprint density at radius 3 is 2.72 bits per heavy atom. The molecule has 0 aliphatic rings. The van der Waals surface area contributed by atoms with Crippen molar-refractivity contribution in [2.75, 3.05) is 17.7 Å². The van der Waals surface area contributed by atoms with Gasteiger partial charge >= 0.3 is 12.0 Å². The van der Waals surface area contributed by atoms with Crippen molar-refractivity contribution in [2.24, 2.45) is 0 Å². The maximum atomic E-state index is 12.5. The Labute approximate surface area is 147 Å². The molecular weight excluding hydrogens is 411 g/mol. The minimum absolute atomic E-state index is 0.120. The summed E-state index contributed by atoms with van der Waals surface area (Å²) in [5.41, 5.74) is -0.280. The Bertz CT molecular complexity index is 788. The van der Waals surface area contributed by atoms with Crippen LogP contribution in [-0.2, 0) is 6.54 Å². The number of hydrogen-bond acceptors (Lipinski definition) is 7. The highest BCUT2D eigenvalue weighted by Crippen LogP contribution is 2.30. The third-order valence-corrected chi connectivity index (χ3v) is 3.38. The van der Waals surface area contributed by atoms with Crippen molar-refractivity contribution < 1.29 is 22.8 Å². The van der Waals surface area contributed by atoms with Crippen molar-refractivity contribution in [3.63, 3.8) is 0 Å². The molecule has 0 amide bonds. The lowest BCUT2D eigenvalue weighted by molar-refractivity contribution is -0.384. The standard InChI is InChI=1S/C13H11BrF3N5O3/c1-18-12-20-6-9(22(23)24)11(21-12)19-5-7-4-8(14)2-3-10(7)25-13(15,16)17/h2-4,6H,5H2,1H3,(H2,18,19,20,21). The van der Waals surface area contributed by atoms with Gasteiger partial charge in [0, 0.05) is 23.6 Å². The molecule has 0 radical (unpaired) electrons. The molecule has 1 heterocycles. The topological polar surface area (TPSA) is 102 Å². The van der Waals surface area contributed by atoms with E-state index < -0.39 is 22.7 Å². The Kier molecular flexibility index (Phi) is 5.62. The molecule has 0 saturated heterocycles. The second kappa shape index (κ2) is 7.51. The zero-order valence-electron chi connectivity index (χ0n) is 12.6. The van der Waals surface area contributed by atoms with Crippen molar-refractivity contribution in [3.8, 4) is 5.75 Å². The van der Waals surface area contributed by atoms with E-state index >= 15 is 0 Å². The number of halogens is 4. The van der Waals surface area contributed by atoms with E-state index in [9.17, 15) is 23.3 Å². The molecule has 134 valence electrons. The number of hydrogen-bond donors (Lipinski definition) is 2. The monoisotopic (exact) mass is 421 g/mol. The Balaban J connectivity index is 2.29. The maximum absolute atomic E-state index is 12.5. The summed E-state index contributed by atoms with van der Waals surface area (Å²) in [6, 6.07) is 3.93. The number of nitro groups is 1. The molecule has 1 aromatic carbocycles. The molecule has 0 atom stereocenters. The Morgan fingerprint density at radius 1 is 1.40 bits per heavy atom. The van der Waals surface area contributed by atoms with Crippen LogP contribution < -0.4 is 15.4 Å². The Hall–Kier alpha value is -2.63. The highest BCUT2D eigenvalue weighted by molar-refractivity contribution is 9.10. The quantitative estimate of drug-likeness (QED) is 0.541. The van der Waals surface area contributed by atoms with Crippen molar-refractivity contribution in [2.45, 2.75) is 12.9 Å². The minimum Gasteiger partial charge on any atom is -0.405 e.